The minimum Gasteiger partial charge on any atom is -0.479 e. The number of carbonyl (C=O) groups excluding carboxylic acids is 2. The van der Waals surface area contributed by atoms with Crippen LogP contribution in [0.15, 0.2) is 48.5 Å². The molecule has 0 heterocycles. The summed E-state index contributed by atoms with van der Waals surface area (Å²) in [5.41, 5.74) is 3.16. The molecule has 0 aliphatic heterocycles. The lowest BCUT2D eigenvalue weighted by Gasteiger charge is -2.16. The number of amides is 2. The van der Waals surface area contributed by atoms with Crippen LogP contribution < -0.4 is 10.6 Å². The molecule has 26 heavy (non-hydrogen) atoms. The number of hydrogen-bond donors (Lipinski definition) is 3. The van der Waals surface area contributed by atoms with Crippen LogP contribution in [0.4, 0.5) is 0 Å². The fraction of sp³-hybridized carbons (Fsp3) is 0.250. The lowest BCUT2D eigenvalue weighted by atomic mass is 10.0. The van der Waals surface area contributed by atoms with Gasteiger partial charge in [-0.15, -0.1) is 0 Å². The average Bonchev–Trinajstić information content (AvgIpc) is 2.57. The van der Waals surface area contributed by atoms with Gasteiger partial charge in [0.1, 0.15) is 0 Å². The third-order valence-corrected chi connectivity index (χ3v) is 3.78. The molecule has 0 saturated heterocycles. The maximum Gasteiger partial charge on any atom is 0.330 e. The smallest absolute Gasteiger partial charge is 0.330 e. The van der Waals surface area contributed by atoms with Crippen LogP contribution in [0.1, 0.15) is 28.3 Å². The first-order valence-corrected chi connectivity index (χ1v) is 8.26. The molecule has 1 atom stereocenters. The standard InChI is InChI=1S/C20H22N2O4/c1-13-8-14(2)10-16(9-13)19(20(25)26)22-18(24)12-21-17(23)11-15-6-4-3-5-7-15/h3-10,19H,11-12H2,1-2H3,(H,21,23)(H,22,24)(H,25,26). The summed E-state index contributed by atoms with van der Waals surface area (Å²) in [6, 6.07) is 13.4. The van der Waals surface area contributed by atoms with Crippen molar-refractivity contribution >= 4 is 17.8 Å². The molecule has 2 aromatic rings. The van der Waals surface area contributed by atoms with Crippen molar-refractivity contribution in [1.29, 1.82) is 0 Å². The Bertz CT molecular complexity index is 782. The zero-order valence-electron chi connectivity index (χ0n) is 14.8. The largest absolute Gasteiger partial charge is 0.479 e. The summed E-state index contributed by atoms with van der Waals surface area (Å²) in [6.45, 7) is 3.45. The van der Waals surface area contributed by atoms with Crippen molar-refractivity contribution in [3.63, 3.8) is 0 Å². The summed E-state index contributed by atoms with van der Waals surface area (Å²) in [4.78, 5) is 35.5. The molecule has 1 unspecified atom stereocenters. The summed E-state index contributed by atoms with van der Waals surface area (Å²) < 4.78 is 0. The van der Waals surface area contributed by atoms with E-state index in [9.17, 15) is 19.5 Å². The quantitative estimate of drug-likeness (QED) is 0.708. The van der Waals surface area contributed by atoms with E-state index < -0.39 is 17.9 Å². The number of aliphatic carboxylic acids is 1. The lowest BCUT2D eigenvalue weighted by Crippen LogP contribution is -2.41. The Morgan fingerprint density at radius 3 is 2.15 bits per heavy atom. The number of rotatable bonds is 7. The van der Waals surface area contributed by atoms with Gasteiger partial charge in [0.25, 0.3) is 0 Å². The van der Waals surface area contributed by atoms with Gasteiger partial charge in [0.05, 0.1) is 13.0 Å². The fourth-order valence-electron chi connectivity index (χ4n) is 2.70. The number of carboxylic acid groups (broad SMARTS) is 1. The van der Waals surface area contributed by atoms with Crippen LogP contribution in [-0.2, 0) is 20.8 Å². The number of aryl methyl sites for hydroxylation is 2. The molecule has 2 rings (SSSR count). The SMILES string of the molecule is Cc1cc(C)cc(C(NC(=O)CNC(=O)Cc2ccccc2)C(=O)O)c1. The summed E-state index contributed by atoms with van der Waals surface area (Å²) in [6.07, 6.45) is 0.160. The molecule has 2 aromatic carbocycles. The van der Waals surface area contributed by atoms with Crippen molar-refractivity contribution in [2.75, 3.05) is 6.54 Å². The first kappa shape index (κ1) is 19.2. The topological polar surface area (TPSA) is 95.5 Å². The highest BCUT2D eigenvalue weighted by molar-refractivity contribution is 5.88. The van der Waals surface area contributed by atoms with Crippen molar-refractivity contribution in [3.05, 3.63) is 70.8 Å². The van der Waals surface area contributed by atoms with Gasteiger partial charge in [-0.05, 0) is 25.0 Å². The number of nitrogens with one attached hydrogen (secondary N) is 2. The van der Waals surface area contributed by atoms with E-state index in [2.05, 4.69) is 10.6 Å². The number of benzene rings is 2. The Hall–Kier alpha value is -3.15. The zero-order chi connectivity index (χ0) is 19.1. The summed E-state index contributed by atoms with van der Waals surface area (Å²) in [7, 11) is 0. The van der Waals surface area contributed by atoms with Gasteiger partial charge in [-0.2, -0.15) is 0 Å². The van der Waals surface area contributed by atoms with Crippen molar-refractivity contribution in [1.82, 2.24) is 10.6 Å². The number of carbonyl (C=O) groups is 3. The molecule has 0 saturated carbocycles. The molecule has 0 radical (unpaired) electrons. The predicted octanol–water partition coefficient (Wildman–Crippen LogP) is 1.90. The molecule has 136 valence electrons. The van der Waals surface area contributed by atoms with Gasteiger partial charge in [0, 0.05) is 0 Å². The van der Waals surface area contributed by atoms with Crippen LogP contribution >= 0.6 is 0 Å². The Morgan fingerprint density at radius 1 is 0.962 bits per heavy atom. The van der Waals surface area contributed by atoms with E-state index in [1.54, 1.807) is 12.1 Å². The molecule has 0 aromatic heterocycles. The van der Waals surface area contributed by atoms with Crippen molar-refractivity contribution in [2.24, 2.45) is 0 Å². The highest BCUT2D eigenvalue weighted by Gasteiger charge is 2.22. The Balaban J connectivity index is 1.93. The highest BCUT2D eigenvalue weighted by atomic mass is 16.4. The zero-order valence-corrected chi connectivity index (χ0v) is 14.8. The van der Waals surface area contributed by atoms with Gasteiger partial charge in [0.2, 0.25) is 11.8 Å². The van der Waals surface area contributed by atoms with Gasteiger partial charge in [-0.3, -0.25) is 9.59 Å². The van der Waals surface area contributed by atoms with Crippen LogP contribution in [0, 0.1) is 13.8 Å². The molecule has 0 aliphatic carbocycles. The second-order valence-electron chi connectivity index (χ2n) is 6.20. The molecule has 3 N–H and O–H groups in total. The van der Waals surface area contributed by atoms with E-state index in [1.807, 2.05) is 50.2 Å². The Kier molecular flexibility index (Phi) is 6.49. The third kappa shape index (κ3) is 5.73. The Labute approximate surface area is 152 Å². The second-order valence-corrected chi connectivity index (χ2v) is 6.20. The van der Waals surface area contributed by atoms with Gasteiger partial charge in [-0.1, -0.05) is 59.7 Å². The predicted molar refractivity (Wildman–Crippen MR) is 97.6 cm³/mol. The molecule has 0 bridgehead atoms. The van der Waals surface area contributed by atoms with E-state index in [0.717, 1.165) is 16.7 Å². The lowest BCUT2D eigenvalue weighted by molar-refractivity contribution is -0.141. The normalized spacial score (nSPS) is 11.5. The minimum absolute atomic E-state index is 0.160. The molecule has 6 nitrogen and oxygen atoms in total. The number of carboxylic acids is 1. The van der Waals surface area contributed by atoms with Crippen molar-refractivity contribution in [2.45, 2.75) is 26.3 Å². The van der Waals surface area contributed by atoms with E-state index in [1.165, 1.54) is 0 Å². The van der Waals surface area contributed by atoms with Gasteiger partial charge < -0.3 is 15.7 Å². The third-order valence-electron chi connectivity index (χ3n) is 3.78. The second kappa shape index (κ2) is 8.80. The molecule has 0 spiro atoms. The van der Waals surface area contributed by atoms with E-state index in [-0.39, 0.29) is 18.9 Å². The maximum absolute atomic E-state index is 12.1. The first-order chi connectivity index (χ1) is 12.3. The van der Waals surface area contributed by atoms with Gasteiger partial charge >= 0.3 is 5.97 Å². The fourth-order valence-corrected chi connectivity index (χ4v) is 2.70. The summed E-state index contributed by atoms with van der Waals surface area (Å²) in [5.74, 6) is -2.01. The minimum atomic E-state index is -1.16. The van der Waals surface area contributed by atoms with Gasteiger partial charge in [-0.25, -0.2) is 4.79 Å². The summed E-state index contributed by atoms with van der Waals surface area (Å²) in [5, 5.41) is 14.4. The first-order valence-electron chi connectivity index (χ1n) is 8.26. The average molecular weight is 354 g/mol. The summed E-state index contributed by atoms with van der Waals surface area (Å²) >= 11 is 0. The van der Waals surface area contributed by atoms with Crippen LogP contribution in [-0.4, -0.2) is 29.4 Å². The van der Waals surface area contributed by atoms with Crippen LogP contribution in [0.2, 0.25) is 0 Å². The molecule has 6 heteroatoms. The molecule has 2 amide bonds. The van der Waals surface area contributed by atoms with Crippen LogP contribution in [0.25, 0.3) is 0 Å². The van der Waals surface area contributed by atoms with E-state index >= 15 is 0 Å². The molecular weight excluding hydrogens is 332 g/mol. The van der Waals surface area contributed by atoms with Gasteiger partial charge in [0.15, 0.2) is 6.04 Å². The monoisotopic (exact) mass is 354 g/mol. The highest BCUT2D eigenvalue weighted by Crippen LogP contribution is 2.17. The van der Waals surface area contributed by atoms with Crippen molar-refractivity contribution in [3.8, 4) is 0 Å². The molecular formula is C20H22N2O4. The van der Waals surface area contributed by atoms with Crippen LogP contribution in [0.5, 0.6) is 0 Å². The van der Waals surface area contributed by atoms with Crippen LogP contribution in [0.3, 0.4) is 0 Å². The Morgan fingerprint density at radius 2 is 1.58 bits per heavy atom. The molecule has 0 aliphatic rings. The van der Waals surface area contributed by atoms with Crippen molar-refractivity contribution < 1.29 is 19.5 Å². The number of hydrogen-bond acceptors (Lipinski definition) is 3. The van der Waals surface area contributed by atoms with E-state index in [0.29, 0.717) is 5.56 Å². The maximum atomic E-state index is 12.1. The van der Waals surface area contributed by atoms with E-state index in [4.69, 9.17) is 0 Å². The molecule has 0 fully saturated rings.